The van der Waals surface area contributed by atoms with Gasteiger partial charge in [0, 0.05) is 51.1 Å². The molecular formula is C18H28FN3O. The first-order valence-electron chi connectivity index (χ1n) is 8.67. The monoisotopic (exact) mass is 321 g/mol. The smallest absolute Gasteiger partial charge is 0.123 e. The van der Waals surface area contributed by atoms with E-state index in [1.165, 1.54) is 5.69 Å². The molecule has 2 aliphatic heterocycles. The van der Waals surface area contributed by atoms with Crippen molar-refractivity contribution in [2.75, 3.05) is 57.9 Å². The maximum Gasteiger partial charge on any atom is 0.123 e. The third-order valence-corrected chi connectivity index (χ3v) is 5.04. The SMILES string of the molecule is C[C@@H](NC[C@@H]1CCOC1)c1cc(F)ccc1N1CCN(C)CC1. The quantitative estimate of drug-likeness (QED) is 0.900. The fraction of sp³-hybridized carbons (Fsp3) is 0.667. The van der Waals surface area contributed by atoms with Gasteiger partial charge in [0.15, 0.2) is 0 Å². The zero-order chi connectivity index (χ0) is 16.2. The van der Waals surface area contributed by atoms with Crippen LogP contribution in [-0.2, 0) is 4.74 Å². The van der Waals surface area contributed by atoms with Gasteiger partial charge in [0.05, 0.1) is 6.61 Å². The lowest BCUT2D eigenvalue weighted by Crippen LogP contribution is -2.45. The number of likely N-dealkylation sites (N-methyl/N-ethyl adjacent to an activating group) is 1. The summed E-state index contributed by atoms with van der Waals surface area (Å²) in [5, 5.41) is 3.57. The van der Waals surface area contributed by atoms with Crippen molar-refractivity contribution in [3.05, 3.63) is 29.6 Å². The van der Waals surface area contributed by atoms with Crippen molar-refractivity contribution in [3.63, 3.8) is 0 Å². The molecule has 2 heterocycles. The highest BCUT2D eigenvalue weighted by molar-refractivity contribution is 5.55. The van der Waals surface area contributed by atoms with Gasteiger partial charge >= 0.3 is 0 Å². The van der Waals surface area contributed by atoms with Crippen LogP contribution in [0.5, 0.6) is 0 Å². The van der Waals surface area contributed by atoms with Crippen molar-refractivity contribution in [1.29, 1.82) is 0 Å². The van der Waals surface area contributed by atoms with Crippen LogP contribution in [-0.4, -0.2) is 57.9 Å². The number of nitrogens with zero attached hydrogens (tertiary/aromatic N) is 2. The number of anilines is 1. The number of halogens is 1. The Morgan fingerprint density at radius 2 is 2.09 bits per heavy atom. The largest absolute Gasteiger partial charge is 0.381 e. The third kappa shape index (κ3) is 4.22. The van der Waals surface area contributed by atoms with Crippen LogP contribution in [0.3, 0.4) is 0 Å². The Hall–Kier alpha value is -1.17. The summed E-state index contributed by atoms with van der Waals surface area (Å²) in [6, 6.07) is 5.35. The minimum atomic E-state index is -0.157. The number of piperazine rings is 1. The molecule has 2 atom stereocenters. The lowest BCUT2D eigenvalue weighted by molar-refractivity contribution is 0.184. The van der Waals surface area contributed by atoms with Crippen molar-refractivity contribution in [2.24, 2.45) is 5.92 Å². The van der Waals surface area contributed by atoms with E-state index in [1.807, 2.05) is 6.07 Å². The molecule has 1 aromatic carbocycles. The Morgan fingerprint density at radius 1 is 1.30 bits per heavy atom. The Kier molecular flexibility index (Phi) is 5.51. The zero-order valence-corrected chi connectivity index (χ0v) is 14.2. The van der Waals surface area contributed by atoms with E-state index in [0.717, 1.165) is 57.9 Å². The second-order valence-corrected chi connectivity index (χ2v) is 6.85. The molecule has 0 saturated carbocycles. The highest BCUT2D eigenvalue weighted by Crippen LogP contribution is 2.28. The number of rotatable bonds is 5. The summed E-state index contributed by atoms with van der Waals surface area (Å²) in [6.07, 6.45) is 1.12. The molecule has 2 saturated heterocycles. The molecule has 0 radical (unpaired) electrons. The highest BCUT2D eigenvalue weighted by Gasteiger charge is 2.21. The van der Waals surface area contributed by atoms with E-state index in [2.05, 4.69) is 29.1 Å². The Balaban J connectivity index is 1.70. The minimum Gasteiger partial charge on any atom is -0.381 e. The summed E-state index contributed by atoms with van der Waals surface area (Å²) >= 11 is 0. The molecule has 0 spiro atoms. The van der Waals surface area contributed by atoms with E-state index in [1.54, 1.807) is 12.1 Å². The van der Waals surface area contributed by atoms with Crippen LogP contribution < -0.4 is 10.2 Å². The fourth-order valence-electron chi connectivity index (χ4n) is 3.41. The molecule has 2 fully saturated rings. The molecule has 0 amide bonds. The number of hydrogen-bond donors (Lipinski definition) is 1. The Bertz CT molecular complexity index is 511. The summed E-state index contributed by atoms with van der Waals surface area (Å²) in [5.74, 6) is 0.425. The van der Waals surface area contributed by atoms with Crippen LogP contribution in [0.1, 0.15) is 24.9 Å². The maximum atomic E-state index is 13.8. The first-order valence-corrected chi connectivity index (χ1v) is 8.67. The van der Waals surface area contributed by atoms with E-state index in [4.69, 9.17) is 4.74 Å². The lowest BCUT2D eigenvalue weighted by atomic mass is 10.0. The van der Waals surface area contributed by atoms with Crippen molar-refractivity contribution in [2.45, 2.75) is 19.4 Å². The van der Waals surface area contributed by atoms with Crippen LogP contribution in [0, 0.1) is 11.7 Å². The molecular weight excluding hydrogens is 293 g/mol. The van der Waals surface area contributed by atoms with Gasteiger partial charge in [-0.25, -0.2) is 4.39 Å². The van der Waals surface area contributed by atoms with Gasteiger partial charge in [-0.05, 0) is 50.1 Å². The van der Waals surface area contributed by atoms with Gasteiger partial charge in [-0.1, -0.05) is 0 Å². The first-order chi connectivity index (χ1) is 11.1. The Morgan fingerprint density at radius 3 is 2.78 bits per heavy atom. The second-order valence-electron chi connectivity index (χ2n) is 6.85. The lowest BCUT2D eigenvalue weighted by Gasteiger charge is -2.36. The molecule has 1 N–H and O–H groups in total. The van der Waals surface area contributed by atoms with Crippen LogP contribution >= 0.6 is 0 Å². The molecule has 128 valence electrons. The molecule has 0 aliphatic carbocycles. The first kappa shape index (κ1) is 16.7. The highest BCUT2D eigenvalue weighted by atomic mass is 19.1. The molecule has 0 unspecified atom stereocenters. The number of benzene rings is 1. The van der Waals surface area contributed by atoms with Gasteiger partial charge in [-0.3, -0.25) is 0 Å². The standard InChI is InChI=1S/C18H28FN3O/c1-14(20-12-15-5-10-23-13-15)17-11-16(19)3-4-18(17)22-8-6-21(2)7-9-22/h3-4,11,14-15,20H,5-10,12-13H2,1-2H3/t14-,15+/m1/s1. The molecule has 3 rings (SSSR count). The minimum absolute atomic E-state index is 0.140. The number of nitrogens with one attached hydrogen (secondary N) is 1. The Labute approximate surface area is 138 Å². The fourth-order valence-corrected chi connectivity index (χ4v) is 3.41. The van der Waals surface area contributed by atoms with Crippen molar-refractivity contribution >= 4 is 5.69 Å². The molecule has 0 aromatic heterocycles. The van der Waals surface area contributed by atoms with Gasteiger partial charge < -0.3 is 19.9 Å². The number of hydrogen-bond acceptors (Lipinski definition) is 4. The average molecular weight is 321 g/mol. The summed E-state index contributed by atoms with van der Waals surface area (Å²) in [4.78, 5) is 4.72. The molecule has 0 bridgehead atoms. The van der Waals surface area contributed by atoms with Crippen molar-refractivity contribution < 1.29 is 9.13 Å². The van der Waals surface area contributed by atoms with E-state index in [-0.39, 0.29) is 11.9 Å². The summed E-state index contributed by atoms with van der Waals surface area (Å²) in [6.45, 7) is 8.87. The van der Waals surface area contributed by atoms with Crippen LogP contribution in [0.25, 0.3) is 0 Å². The van der Waals surface area contributed by atoms with Crippen molar-refractivity contribution in [3.8, 4) is 0 Å². The summed E-state index contributed by atoms with van der Waals surface area (Å²) < 4.78 is 19.2. The van der Waals surface area contributed by atoms with Gasteiger partial charge in [-0.2, -0.15) is 0 Å². The van der Waals surface area contributed by atoms with Crippen LogP contribution in [0.15, 0.2) is 18.2 Å². The van der Waals surface area contributed by atoms with Gasteiger partial charge in [-0.15, -0.1) is 0 Å². The second kappa shape index (κ2) is 7.60. The van der Waals surface area contributed by atoms with E-state index in [0.29, 0.717) is 5.92 Å². The van der Waals surface area contributed by atoms with Crippen LogP contribution in [0.2, 0.25) is 0 Å². The van der Waals surface area contributed by atoms with Crippen LogP contribution in [0.4, 0.5) is 10.1 Å². The number of ether oxygens (including phenoxy) is 1. The zero-order valence-electron chi connectivity index (χ0n) is 14.2. The molecule has 1 aromatic rings. The summed E-state index contributed by atoms with van der Waals surface area (Å²) in [5.41, 5.74) is 2.23. The topological polar surface area (TPSA) is 27.7 Å². The van der Waals surface area contributed by atoms with E-state index in [9.17, 15) is 4.39 Å². The maximum absolute atomic E-state index is 13.8. The molecule has 2 aliphatic rings. The van der Waals surface area contributed by atoms with Crippen molar-refractivity contribution in [1.82, 2.24) is 10.2 Å². The van der Waals surface area contributed by atoms with Gasteiger partial charge in [0.1, 0.15) is 5.82 Å². The predicted octanol–water partition coefficient (Wildman–Crippen LogP) is 2.26. The predicted molar refractivity (Wildman–Crippen MR) is 91.5 cm³/mol. The third-order valence-electron chi connectivity index (χ3n) is 5.04. The molecule has 4 nitrogen and oxygen atoms in total. The molecule has 5 heteroatoms. The van der Waals surface area contributed by atoms with Gasteiger partial charge in [0.2, 0.25) is 0 Å². The normalized spacial score (nSPS) is 24.1. The summed E-state index contributed by atoms with van der Waals surface area (Å²) in [7, 11) is 2.15. The average Bonchev–Trinajstić information content (AvgIpc) is 3.07. The van der Waals surface area contributed by atoms with Gasteiger partial charge in [0.25, 0.3) is 0 Å². The molecule has 23 heavy (non-hydrogen) atoms. The van der Waals surface area contributed by atoms with E-state index < -0.39 is 0 Å². The van der Waals surface area contributed by atoms with E-state index >= 15 is 0 Å².